The van der Waals surface area contributed by atoms with Gasteiger partial charge in [-0.15, -0.1) is 0 Å². The number of benzene rings is 1. The molecule has 0 aliphatic carbocycles. The average molecular weight is 446 g/mol. The molecule has 32 heavy (non-hydrogen) atoms. The second kappa shape index (κ2) is 11.1. The van der Waals surface area contributed by atoms with Crippen LogP contribution in [0.5, 0.6) is 5.75 Å². The smallest absolute Gasteiger partial charge is 0.251 e. The van der Waals surface area contributed by atoms with Crippen LogP contribution in [0.25, 0.3) is 0 Å². The highest BCUT2D eigenvalue weighted by atomic mass is 16.3. The molecule has 4 atom stereocenters. The van der Waals surface area contributed by atoms with Crippen LogP contribution < -0.4 is 10.6 Å². The number of fused-ring (bicyclic) bond motifs is 1. The fraction of sp³-hybridized carbons (Fsp3) is 0.667. The summed E-state index contributed by atoms with van der Waals surface area (Å²) in [5.74, 6) is 0.268. The van der Waals surface area contributed by atoms with Gasteiger partial charge in [0.05, 0.1) is 12.8 Å². The molecule has 178 valence electrons. The second-order valence-corrected chi connectivity index (χ2v) is 9.29. The third-order valence-corrected chi connectivity index (χ3v) is 7.16. The molecule has 2 aliphatic rings. The van der Waals surface area contributed by atoms with Crippen molar-refractivity contribution in [3.8, 4) is 5.75 Å². The molecule has 2 heterocycles. The molecule has 8 heteroatoms. The zero-order chi connectivity index (χ0) is 23.3. The Morgan fingerprint density at radius 3 is 2.44 bits per heavy atom. The number of nitrogens with zero attached hydrogens (tertiary/aromatic N) is 3. The number of rotatable bonds is 9. The molecular formula is C24H39N5O3. The van der Waals surface area contributed by atoms with Crippen LogP contribution in [0.15, 0.2) is 24.3 Å². The maximum absolute atomic E-state index is 12.8. The van der Waals surface area contributed by atoms with E-state index in [0.29, 0.717) is 30.9 Å². The fourth-order valence-electron chi connectivity index (χ4n) is 4.99. The van der Waals surface area contributed by atoms with E-state index < -0.39 is 0 Å². The molecule has 2 aliphatic heterocycles. The van der Waals surface area contributed by atoms with Gasteiger partial charge in [0, 0.05) is 31.2 Å². The summed E-state index contributed by atoms with van der Waals surface area (Å²) in [6, 6.07) is 6.93. The predicted octanol–water partition coefficient (Wildman–Crippen LogP) is 1.81. The number of amides is 2. The predicted molar refractivity (Wildman–Crippen MR) is 125 cm³/mol. The summed E-state index contributed by atoms with van der Waals surface area (Å²) >= 11 is 0. The fourth-order valence-corrected chi connectivity index (χ4v) is 4.99. The van der Waals surface area contributed by atoms with Gasteiger partial charge in [0.1, 0.15) is 11.8 Å². The van der Waals surface area contributed by atoms with Gasteiger partial charge in [-0.1, -0.05) is 25.7 Å². The maximum atomic E-state index is 12.8. The number of phenolic OH excluding ortho intramolecular Hbond substituents is 1. The van der Waals surface area contributed by atoms with Gasteiger partial charge in [0.2, 0.25) is 5.91 Å². The van der Waals surface area contributed by atoms with Crippen molar-refractivity contribution in [3.63, 3.8) is 0 Å². The SMILES string of the molecule is CC1C(CCCCCCCNC(=O)c2ccc(O)cc2)N(C)C2C(=O)N(C)CNC2N1C. The lowest BCUT2D eigenvalue weighted by Gasteiger charge is -2.55. The number of carbonyl (C=O) groups is 2. The molecule has 0 bridgehead atoms. The van der Waals surface area contributed by atoms with Crippen LogP contribution in [0.1, 0.15) is 55.8 Å². The lowest BCUT2D eigenvalue weighted by atomic mass is 9.91. The second-order valence-electron chi connectivity index (χ2n) is 9.29. The van der Waals surface area contributed by atoms with Gasteiger partial charge < -0.3 is 15.3 Å². The Balaban J connectivity index is 1.34. The first-order chi connectivity index (χ1) is 15.3. The van der Waals surface area contributed by atoms with Crippen LogP contribution >= 0.6 is 0 Å². The average Bonchev–Trinajstić information content (AvgIpc) is 2.78. The molecule has 1 aromatic carbocycles. The summed E-state index contributed by atoms with van der Waals surface area (Å²) in [6.45, 7) is 3.53. The Labute approximate surface area is 191 Å². The lowest BCUT2D eigenvalue weighted by molar-refractivity contribution is -0.154. The number of hydrogen-bond donors (Lipinski definition) is 3. The highest BCUT2D eigenvalue weighted by Crippen LogP contribution is 2.29. The van der Waals surface area contributed by atoms with Crippen LogP contribution in [0.2, 0.25) is 0 Å². The standard InChI is InChI=1S/C24H39N5O3/c1-17-20(29(4)21-22(28(17)3)26-16-27(2)24(21)32)10-8-6-5-7-9-15-25-23(31)18-11-13-19(30)14-12-18/h11-14,17,20-22,26,30H,5-10,15-16H2,1-4H3,(H,25,31). The summed E-state index contributed by atoms with van der Waals surface area (Å²) in [5.41, 5.74) is 0.568. The number of nitrogens with one attached hydrogen (secondary N) is 2. The van der Waals surface area contributed by atoms with Gasteiger partial charge in [-0.05, 0) is 58.1 Å². The van der Waals surface area contributed by atoms with E-state index >= 15 is 0 Å². The molecule has 8 nitrogen and oxygen atoms in total. The molecule has 4 unspecified atom stereocenters. The van der Waals surface area contributed by atoms with Gasteiger partial charge in [0.15, 0.2) is 0 Å². The zero-order valence-electron chi connectivity index (χ0n) is 19.9. The molecule has 0 spiro atoms. The van der Waals surface area contributed by atoms with E-state index in [-0.39, 0.29) is 29.8 Å². The molecule has 2 saturated heterocycles. The molecule has 2 amide bonds. The van der Waals surface area contributed by atoms with Crippen LogP contribution in [0, 0.1) is 0 Å². The highest BCUT2D eigenvalue weighted by molar-refractivity contribution is 5.94. The summed E-state index contributed by atoms with van der Waals surface area (Å²) in [7, 11) is 6.08. The monoisotopic (exact) mass is 445 g/mol. The van der Waals surface area contributed by atoms with E-state index in [1.807, 2.05) is 7.05 Å². The lowest BCUT2D eigenvalue weighted by Crippen LogP contribution is -2.76. The van der Waals surface area contributed by atoms with Crippen LogP contribution in [0.4, 0.5) is 0 Å². The van der Waals surface area contributed by atoms with Gasteiger partial charge in [0.25, 0.3) is 5.91 Å². The number of phenols is 1. The van der Waals surface area contributed by atoms with Crippen molar-refractivity contribution in [2.45, 2.75) is 69.7 Å². The van der Waals surface area contributed by atoms with Gasteiger partial charge in [-0.2, -0.15) is 0 Å². The van der Waals surface area contributed by atoms with Crippen molar-refractivity contribution in [3.05, 3.63) is 29.8 Å². The summed E-state index contributed by atoms with van der Waals surface area (Å²) in [4.78, 5) is 31.2. The van der Waals surface area contributed by atoms with E-state index in [4.69, 9.17) is 0 Å². The minimum absolute atomic E-state index is 0.0757. The Morgan fingerprint density at radius 2 is 1.72 bits per heavy atom. The van der Waals surface area contributed by atoms with Crippen LogP contribution in [0.3, 0.4) is 0 Å². The topological polar surface area (TPSA) is 88.1 Å². The third-order valence-electron chi connectivity index (χ3n) is 7.16. The summed E-state index contributed by atoms with van der Waals surface area (Å²) in [5, 5.41) is 15.7. The molecule has 0 radical (unpaired) electrons. The summed E-state index contributed by atoms with van der Waals surface area (Å²) < 4.78 is 0. The molecule has 3 N–H and O–H groups in total. The number of aromatic hydroxyl groups is 1. The van der Waals surface area contributed by atoms with E-state index in [1.165, 1.54) is 12.1 Å². The quantitative estimate of drug-likeness (QED) is 0.503. The molecule has 3 rings (SSSR count). The number of likely N-dealkylation sites (N-methyl/N-ethyl adjacent to an activating group) is 3. The molecule has 2 fully saturated rings. The van der Waals surface area contributed by atoms with E-state index in [1.54, 1.807) is 17.0 Å². The van der Waals surface area contributed by atoms with Crippen molar-refractivity contribution in [2.75, 3.05) is 34.4 Å². The largest absolute Gasteiger partial charge is 0.508 e. The Kier molecular flexibility index (Phi) is 8.51. The molecule has 0 aromatic heterocycles. The third kappa shape index (κ3) is 5.60. The number of hydrogen-bond acceptors (Lipinski definition) is 6. The van der Waals surface area contributed by atoms with E-state index in [0.717, 1.165) is 38.5 Å². The Hall–Kier alpha value is -2.16. The van der Waals surface area contributed by atoms with Gasteiger partial charge in [-0.25, -0.2) is 0 Å². The first-order valence-electron chi connectivity index (χ1n) is 11.8. The molecular weight excluding hydrogens is 406 g/mol. The number of unbranched alkanes of at least 4 members (excludes halogenated alkanes) is 4. The summed E-state index contributed by atoms with van der Waals surface area (Å²) in [6.07, 6.45) is 6.65. The minimum Gasteiger partial charge on any atom is -0.508 e. The molecule has 0 saturated carbocycles. The number of carbonyl (C=O) groups excluding carboxylic acids is 2. The van der Waals surface area contributed by atoms with Gasteiger partial charge in [-0.3, -0.25) is 24.7 Å². The number of piperazine rings is 1. The van der Waals surface area contributed by atoms with Crippen molar-refractivity contribution >= 4 is 11.8 Å². The van der Waals surface area contributed by atoms with Crippen LogP contribution in [-0.4, -0.2) is 90.3 Å². The van der Waals surface area contributed by atoms with Crippen molar-refractivity contribution in [2.24, 2.45) is 0 Å². The van der Waals surface area contributed by atoms with Crippen molar-refractivity contribution in [1.82, 2.24) is 25.3 Å². The Bertz CT molecular complexity index is 771. The minimum atomic E-state index is -0.128. The van der Waals surface area contributed by atoms with Gasteiger partial charge >= 0.3 is 0 Å². The molecule has 1 aromatic rings. The van der Waals surface area contributed by atoms with Crippen molar-refractivity contribution in [1.29, 1.82) is 0 Å². The normalized spacial score (nSPS) is 26.8. The first kappa shape index (κ1) is 24.5. The Morgan fingerprint density at radius 1 is 1.06 bits per heavy atom. The highest BCUT2D eigenvalue weighted by Gasteiger charge is 2.48. The van der Waals surface area contributed by atoms with E-state index in [2.05, 4.69) is 41.5 Å². The first-order valence-corrected chi connectivity index (χ1v) is 11.8. The van der Waals surface area contributed by atoms with E-state index in [9.17, 15) is 14.7 Å². The van der Waals surface area contributed by atoms with Crippen LogP contribution in [-0.2, 0) is 4.79 Å². The van der Waals surface area contributed by atoms with Crippen molar-refractivity contribution < 1.29 is 14.7 Å². The zero-order valence-corrected chi connectivity index (χ0v) is 19.9. The maximum Gasteiger partial charge on any atom is 0.251 e.